The third-order valence-corrected chi connectivity index (χ3v) is 5.14. The van der Waals surface area contributed by atoms with Gasteiger partial charge in [-0.1, -0.05) is 23.2 Å². The van der Waals surface area contributed by atoms with Crippen molar-refractivity contribution in [2.45, 2.75) is 4.90 Å². The van der Waals surface area contributed by atoms with Crippen molar-refractivity contribution in [1.82, 2.24) is 0 Å². The van der Waals surface area contributed by atoms with E-state index in [0.717, 1.165) is 12.1 Å². The minimum Gasteiger partial charge on any atom is -0.397 e. The first-order chi connectivity index (χ1) is 9.70. The molecule has 0 bridgehead atoms. The number of nitrogen functional groups attached to an aromatic ring is 1. The molecule has 0 aliphatic heterocycles. The molecular formula is C12H8BrCl2FN2O2S. The van der Waals surface area contributed by atoms with E-state index in [1.807, 2.05) is 0 Å². The van der Waals surface area contributed by atoms with Crippen molar-refractivity contribution < 1.29 is 12.8 Å². The number of benzene rings is 2. The third kappa shape index (κ3) is 3.60. The van der Waals surface area contributed by atoms with E-state index in [0.29, 0.717) is 0 Å². The van der Waals surface area contributed by atoms with E-state index in [2.05, 4.69) is 20.7 Å². The molecular weight excluding hydrogens is 406 g/mol. The maximum Gasteiger partial charge on any atom is 0.262 e. The molecule has 0 aliphatic carbocycles. The number of hydrogen-bond acceptors (Lipinski definition) is 3. The van der Waals surface area contributed by atoms with E-state index in [1.165, 1.54) is 18.2 Å². The maximum atomic E-state index is 13.1. The summed E-state index contributed by atoms with van der Waals surface area (Å²) in [5.41, 5.74) is 5.74. The highest BCUT2D eigenvalue weighted by Gasteiger charge is 2.19. The van der Waals surface area contributed by atoms with Gasteiger partial charge in [-0.3, -0.25) is 4.72 Å². The summed E-state index contributed by atoms with van der Waals surface area (Å²) < 4.78 is 40.1. The highest BCUT2D eigenvalue weighted by molar-refractivity contribution is 9.10. The molecule has 112 valence electrons. The second-order valence-corrected chi connectivity index (χ2v) is 7.38. The van der Waals surface area contributed by atoms with Gasteiger partial charge in [0, 0.05) is 4.47 Å². The summed E-state index contributed by atoms with van der Waals surface area (Å²) in [6, 6.07) is 5.98. The van der Waals surface area contributed by atoms with E-state index < -0.39 is 15.8 Å². The van der Waals surface area contributed by atoms with Crippen molar-refractivity contribution in [2.75, 3.05) is 10.5 Å². The van der Waals surface area contributed by atoms with Gasteiger partial charge in [0.2, 0.25) is 0 Å². The van der Waals surface area contributed by atoms with E-state index in [1.54, 1.807) is 0 Å². The number of sulfonamides is 1. The molecule has 0 spiro atoms. The molecule has 2 rings (SSSR count). The van der Waals surface area contributed by atoms with E-state index in [9.17, 15) is 12.8 Å². The van der Waals surface area contributed by atoms with Gasteiger partial charge >= 0.3 is 0 Å². The molecule has 3 N–H and O–H groups in total. The van der Waals surface area contributed by atoms with Crippen LogP contribution in [0.3, 0.4) is 0 Å². The Morgan fingerprint density at radius 3 is 2.38 bits per heavy atom. The van der Waals surface area contributed by atoms with Gasteiger partial charge in [0.05, 0.1) is 26.3 Å². The fraction of sp³-hybridized carbons (Fsp3) is 0. The minimum absolute atomic E-state index is 0.0339. The maximum absolute atomic E-state index is 13.1. The number of halogens is 4. The molecule has 0 aliphatic rings. The van der Waals surface area contributed by atoms with Crippen LogP contribution in [0.15, 0.2) is 39.7 Å². The Morgan fingerprint density at radius 2 is 1.81 bits per heavy atom. The normalized spacial score (nSPS) is 11.4. The van der Waals surface area contributed by atoms with Crippen LogP contribution in [-0.2, 0) is 10.0 Å². The van der Waals surface area contributed by atoms with Crippen LogP contribution in [0.4, 0.5) is 15.8 Å². The molecule has 21 heavy (non-hydrogen) atoms. The van der Waals surface area contributed by atoms with Gasteiger partial charge in [-0.25, -0.2) is 12.8 Å². The van der Waals surface area contributed by atoms with Crippen LogP contribution >= 0.6 is 39.1 Å². The van der Waals surface area contributed by atoms with Crippen molar-refractivity contribution in [2.24, 2.45) is 0 Å². The summed E-state index contributed by atoms with van der Waals surface area (Å²) in [5.74, 6) is -0.592. The Bertz CT molecular complexity index is 792. The average molecular weight is 414 g/mol. The number of hydrogen-bond donors (Lipinski definition) is 2. The molecule has 0 saturated carbocycles. The summed E-state index contributed by atoms with van der Waals surface area (Å²) in [5, 5.41) is 0.169. The Kier molecular flexibility index (Phi) is 4.67. The lowest BCUT2D eigenvalue weighted by atomic mass is 10.3. The number of nitrogens with one attached hydrogen (secondary N) is 1. The van der Waals surface area contributed by atoms with Crippen LogP contribution in [-0.4, -0.2) is 8.42 Å². The predicted octanol–water partition coefficient (Wildman–Crippen LogP) is 4.28. The number of rotatable bonds is 3. The van der Waals surface area contributed by atoms with Crippen LogP contribution in [0.5, 0.6) is 0 Å². The second-order valence-electron chi connectivity index (χ2n) is 4.03. The van der Waals surface area contributed by atoms with Crippen molar-refractivity contribution in [1.29, 1.82) is 0 Å². The first-order valence-electron chi connectivity index (χ1n) is 5.43. The van der Waals surface area contributed by atoms with Gasteiger partial charge in [0.1, 0.15) is 5.82 Å². The molecule has 2 aromatic rings. The third-order valence-electron chi connectivity index (χ3n) is 2.52. The summed E-state index contributed by atoms with van der Waals surface area (Å²) in [6.07, 6.45) is 0. The Labute approximate surface area is 139 Å². The smallest absolute Gasteiger partial charge is 0.262 e. The number of nitrogens with two attached hydrogens (primary N) is 1. The quantitative estimate of drug-likeness (QED) is 0.737. The fourth-order valence-electron chi connectivity index (χ4n) is 1.52. The highest BCUT2D eigenvalue weighted by Crippen LogP contribution is 2.34. The Morgan fingerprint density at radius 1 is 1.14 bits per heavy atom. The Hall–Kier alpha value is -1.02. The van der Waals surface area contributed by atoms with Gasteiger partial charge in [-0.2, -0.15) is 0 Å². The van der Waals surface area contributed by atoms with Crippen molar-refractivity contribution in [3.63, 3.8) is 0 Å². The molecule has 0 heterocycles. The monoisotopic (exact) mass is 412 g/mol. The zero-order valence-corrected chi connectivity index (χ0v) is 14.1. The molecule has 0 aromatic heterocycles. The first-order valence-corrected chi connectivity index (χ1v) is 8.46. The summed E-state index contributed by atoms with van der Waals surface area (Å²) >= 11 is 14.6. The summed E-state index contributed by atoms with van der Waals surface area (Å²) in [7, 11) is -3.94. The molecule has 0 unspecified atom stereocenters. The molecule has 0 fully saturated rings. The fourth-order valence-corrected chi connectivity index (χ4v) is 3.86. The van der Waals surface area contributed by atoms with Gasteiger partial charge in [-0.05, 0) is 46.3 Å². The van der Waals surface area contributed by atoms with E-state index in [-0.39, 0.29) is 30.8 Å². The lowest BCUT2D eigenvalue weighted by Crippen LogP contribution is -2.14. The molecule has 9 heteroatoms. The molecule has 0 amide bonds. The highest BCUT2D eigenvalue weighted by atomic mass is 79.9. The van der Waals surface area contributed by atoms with Gasteiger partial charge in [0.15, 0.2) is 0 Å². The van der Waals surface area contributed by atoms with Crippen LogP contribution in [0.25, 0.3) is 0 Å². The molecule has 0 radical (unpaired) electrons. The van der Waals surface area contributed by atoms with Crippen LogP contribution < -0.4 is 10.5 Å². The van der Waals surface area contributed by atoms with Gasteiger partial charge in [0.25, 0.3) is 10.0 Å². The SMILES string of the molecule is Nc1cc(S(=O)(=O)Nc2c(Cl)cc(F)cc2Br)ccc1Cl. The van der Waals surface area contributed by atoms with Crippen LogP contribution in [0, 0.1) is 5.82 Å². The van der Waals surface area contributed by atoms with Gasteiger partial charge < -0.3 is 5.73 Å². The van der Waals surface area contributed by atoms with Crippen molar-refractivity contribution in [3.8, 4) is 0 Å². The minimum atomic E-state index is -3.94. The summed E-state index contributed by atoms with van der Waals surface area (Å²) in [6.45, 7) is 0. The van der Waals surface area contributed by atoms with Crippen molar-refractivity contribution >= 4 is 60.5 Å². The van der Waals surface area contributed by atoms with E-state index in [4.69, 9.17) is 28.9 Å². The predicted molar refractivity (Wildman–Crippen MR) is 85.8 cm³/mol. The molecule has 0 atom stereocenters. The second kappa shape index (κ2) is 6.00. The average Bonchev–Trinajstić information content (AvgIpc) is 2.37. The van der Waals surface area contributed by atoms with Gasteiger partial charge in [-0.15, -0.1) is 0 Å². The van der Waals surface area contributed by atoms with Crippen LogP contribution in [0.2, 0.25) is 10.0 Å². The summed E-state index contributed by atoms with van der Waals surface area (Å²) in [4.78, 5) is -0.0864. The standard InChI is InChI=1S/C12H8BrCl2FN2O2S/c13-8-3-6(16)4-10(15)12(8)18-21(19,20)7-1-2-9(14)11(17)5-7/h1-5,18H,17H2. The topological polar surface area (TPSA) is 72.2 Å². The molecule has 2 aromatic carbocycles. The zero-order chi connectivity index (χ0) is 15.8. The zero-order valence-electron chi connectivity index (χ0n) is 10.2. The lowest BCUT2D eigenvalue weighted by Gasteiger charge is -2.12. The Balaban J connectivity index is 2.44. The van der Waals surface area contributed by atoms with E-state index >= 15 is 0 Å². The number of anilines is 2. The molecule has 0 saturated heterocycles. The first kappa shape index (κ1) is 16.4. The molecule has 4 nitrogen and oxygen atoms in total. The lowest BCUT2D eigenvalue weighted by molar-refractivity contribution is 0.601. The van der Waals surface area contributed by atoms with Crippen LogP contribution in [0.1, 0.15) is 0 Å². The largest absolute Gasteiger partial charge is 0.397 e. The van der Waals surface area contributed by atoms with Crippen molar-refractivity contribution in [3.05, 3.63) is 50.7 Å².